The highest BCUT2D eigenvalue weighted by Crippen LogP contribution is 2.65. The number of carbonyl (C=O) groups excluding carboxylic acids is 3. The number of aliphatic hydroxyl groups excluding tert-OH is 1. The van der Waals surface area contributed by atoms with Crippen LogP contribution in [0.15, 0.2) is 41.5 Å². The van der Waals surface area contributed by atoms with Crippen LogP contribution in [0.25, 0.3) is 0 Å². The molecule has 10 nitrogen and oxygen atoms in total. The van der Waals surface area contributed by atoms with Crippen molar-refractivity contribution in [3.63, 3.8) is 0 Å². The first-order valence-electron chi connectivity index (χ1n) is 19.9. The van der Waals surface area contributed by atoms with E-state index in [-0.39, 0.29) is 30.8 Å². The third-order valence-electron chi connectivity index (χ3n) is 14.5. The van der Waals surface area contributed by atoms with Gasteiger partial charge in [0.25, 0.3) is 0 Å². The second kappa shape index (κ2) is 15.0. The lowest BCUT2D eigenvalue weighted by molar-refractivity contribution is -0.344. The fourth-order valence-electron chi connectivity index (χ4n) is 10.4. The number of hydrogen-bond donors (Lipinski definition) is 2. The molecule has 0 spiro atoms. The zero-order valence-corrected chi connectivity index (χ0v) is 35.9. The molecule has 1 aromatic rings. The number of hydrogen-bond acceptors (Lipinski definition) is 10. The molecule has 53 heavy (non-hydrogen) atoms. The lowest BCUT2D eigenvalue weighted by Crippen LogP contribution is -2.82. The Labute approximate surface area is 318 Å². The van der Waals surface area contributed by atoms with Gasteiger partial charge in [-0.3, -0.25) is 9.59 Å². The van der Waals surface area contributed by atoms with Gasteiger partial charge < -0.3 is 33.3 Å². The molecule has 0 radical (unpaired) electrons. The molecule has 1 unspecified atom stereocenters. The Morgan fingerprint density at radius 3 is 1.94 bits per heavy atom. The fraction of sp³-hybridized carbons (Fsp3) is 0.732. The lowest BCUT2D eigenvalue weighted by atomic mass is 9.44. The number of ether oxygens (including phenoxy) is 3. The second-order valence-electron chi connectivity index (χ2n) is 16.9. The molecule has 2 saturated carbocycles. The minimum atomic E-state index is -2.55. The summed E-state index contributed by atoms with van der Waals surface area (Å²) < 4.78 is 33.9. The van der Waals surface area contributed by atoms with E-state index < -0.39 is 87.0 Å². The highest BCUT2D eigenvalue weighted by Gasteiger charge is 2.78. The van der Waals surface area contributed by atoms with Crippen LogP contribution in [0.3, 0.4) is 0 Å². The maximum atomic E-state index is 16.3. The quantitative estimate of drug-likeness (QED) is 0.121. The molecule has 2 N–H and O–H groups in total. The predicted octanol–water partition coefficient (Wildman–Crippen LogP) is 7.14. The number of ketones is 1. The van der Waals surface area contributed by atoms with Gasteiger partial charge in [-0.2, -0.15) is 0 Å². The van der Waals surface area contributed by atoms with Crippen LogP contribution >= 0.6 is 0 Å². The van der Waals surface area contributed by atoms with Crippen molar-refractivity contribution in [2.45, 2.75) is 167 Å². The van der Waals surface area contributed by atoms with Gasteiger partial charge in [0, 0.05) is 25.2 Å². The smallest absolute Gasteiger partial charge is 0.338 e. The van der Waals surface area contributed by atoms with Gasteiger partial charge in [-0.05, 0) is 73.4 Å². The van der Waals surface area contributed by atoms with Gasteiger partial charge >= 0.3 is 11.9 Å². The lowest BCUT2D eigenvalue weighted by Gasteiger charge is -2.68. The van der Waals surface area contributed by atoms with E-state index >= 15 is 4.79 Å². The van der Waals surface area contributed by atoms with Crippen LogP contribution in [0.1, 0.15) is 99.4 Å². The van der Waals surface area contributed by atoms with E-state index in [1.165, 1.54) is 6.92 Å². The molecule has 0 aromatic heterocycles. The maximum Gasteiger partial charge on any atom is 0.338 e. The van der Waals surface area contributed by atoms with Crippen molar-refractivity contribution in [1.29, 1.82) is 0 Å². The highest BCUT2D eigenvalue weighted by atomic mass is 28.4. The first-order valence-corrected chi connectivity index (χ1v) is 25.0. The van der Waals surface area contributed by atoms with E-state index in [4.69, 9.17) is 23.1 Å². The summed E-state index contributed by atoms with van der Waals surface area (Å²) in [7, 11) is -4.99. The van der Waals surface area contributed by atoms with Crippen LogP contribution in [-0.2, 0) is 32.7 Å². The number of benzene rings is 1. The molecule has 9 atom stereocenters. The Bertz CT molecular complexity index is 1550. The summed E-state index contributed by atoms with van der Waals surface area (Å²) >= 11 is 0. The van der Waals surface area contributed by atoms with Gasteiger partial charge in [-0.1, -0.05) is 73.6 Å². The van der Waals surface area contributed by atoms with Crippen LogP contribution in [0.2, 0.25) is 36.3 Å². The summed E-state index contributed by atoms with van der Waals surface area (Å²) in [5.41, 5.74) is -4.81. The summed E-state index contributed by atoms with van der Waals surface area (Å²) in [4.78, 5) is 43.8. The van der Waals surface area contributed by atoms with Gasteiger partial charge in [0.1, 0.15) is 23.9 Å². The van der Waals surface area contributed by atoms with Crippen molar-refractivity contribution >= 4 is 34.4 Å². The molecule has 12 heteroatoms. The second-order valence-corrected chi connectivity index (χ2v) is 26.3. The number of Topliss-reactive ketones (excluding diaryl/α,β-unsaturated/α-hetero) is 1. The minimum Gasteiger partial charge on any atom is -0.455 e. The van der Waals surface area contributed by atoms with E-state index in [2.05, 4.69) is 41.5 Å². The monoisotopic (exact) mass is 772 g/mol. The average molecular weight is 773 g/mol. The Hall–Kier alpha value is -2.20. The van der Waals surface area contributed by atoms with Gasteiger partial charge in [0.2, 0.25) is 0 Å². The third kappa shape index (κ3) is 6.45. The van der Waals surface area contributed by atoms with Crippen molar-refractivity contribution in [2.75, 3.05) is 6.61 Å². The van der Waals surface area contributed by atoms with Crippen molar-refractivity contribution in [3.05, 3.63) is 47.0 Å². The van der Waals surface area contributed by atoms with Crippen LogP contribution < -0.4 is 0 Å². The molecule has 1 aromatic carbocycles. The Morgan fingerprint density at radius 1 is 0.906 bits per heavy atom. The van der Waals surface area contributed by atoms with Crippen LogP contribution in [-0.4, -0.2) is 92.9 Å². The molecule has 2 bridgehead atoms. The zero-order valence-electron chi connectivity index (χ0n) is 33.9. The fourth-order valence-corrected chi connectivity index (χ4v) is 16.1. The van der Waals surface area contributed by atoms with Gasteiger partial charge in [-0.15, -0.1) is 0 Å². The van der Waals surface area contributed by atoms with Gasteiger partial charge in [-0.25, -0.2) is 4.79 Å². The summed E-state index contributed by atoms with van der Waals surface area (Å²) in [6.45, 7) is 21.4. The zero-order chi connectivity index (χ0) is 39.4. The standard InChI is InChI=1S/C41H64O10Si2/c1-12-52(13-2,14-3)50-30-23-31-40(25-47-31,49-27(8)42)34-36(48-37(45)28-21-19-18-20-22-28)41(46)24-29(43)26(7)32(38(41,9)10)33(35(44)39(30,34)11)51-53(15-4,16-5)17-6/h18-22,29-31,33-34,36,43,46H,12-17,23-25H2,1-11H3/t29-,30-,31+,33+,34?,36-,39+,40-,41+/m0/s1. The molecule has 3 aliphatic carbocycles. The molecule has 1 saturated heterocycles. The molecular weight excluding hydrogens is 709 g/mol. The normalized spacial score (nSPS) is 35.3. The number of rotatable bonds is 13. The van der Waals surface area contributed by atoms with Crippen molar-refractivity contribution < 1.29 is 47.7 Å². The molecular formula is C41H64O10Si2. The first kappa shape index (κ1) is 42.0. The van der Waals surface area contributed by atoms with Crippen LogP contribution in [0.4, 0.5) is 0 Å². The van der Waals surface area contributed by atoms with E-state index in [0.717, 1.165) is 36.3 Å². The van der Waals surface area contributed by atoms with Crippen molar-refractivity contribution in [1.82, 2.24) is 0 Å². The Morgan fingerprint density at radius 2 is 1.45 bits per heavy atom. The highest BCUT2D eigenvalue weighted by molar-refractivity contribution is 6.74. The van der Waals surface area contributed by atoms with E-state index in [0.29, 0.717) is 11.1 Å². The number of esters is 2. The Balaban J connectivity index is 1.91. The molecule has 4 aliphatic rings. The van der Waals surface area contributed by atoms with E-state index in [1.54, 1.807) is 30.3 Å². The van der Waals surface area contributed by atoms with Crippen LogP contribution in [0.5, 0.6) is 0 Å². The molecule has 5 rings (SSSR count). The Kier molecular flexibility index (Phi) is 11.9. The molecule has 1 heterocycles. The number of carbonyl (C=O) groups is 3. The molecule has 3 fully saturated rings. The predicted molar refractivity (Wildman–Crippen MR) is 207 cm³/mol. The summed E-state index contributed by atoms with van der Waals surface area (Å²) in [6.07, 6.45) is -5.08. The summed E-state index contributed by atoms with van der Waals surface area (Å²) in [5.74, 6) is -2.66. The minimum absolute atomic E-state index is 0.0569. The first-order chi connectivity index (χ1) is 24.9. The van der Waals surface area contributed by atoms with E-state index in [9.17, 15) is 19.8 Å². The van der Waals surface area contributed by atoms with Crippen LogP contribution in [0, 0.1) is 16.7 Å². The molecule has 0 amide bonds. The van der Waals surface area contributed by atoms with E-state index in [1.807, 2.05) is 27.7 Å². The number of fused-ring (bicyclic) bond motifs is 5. The average Bonchev–Trinajstić information content (AvgIpc) is 3.13. The van der Waals surface area contributed by atoms with Crippen molar-refractivity contribution in [2.24, 2.45) is 16.7 Å². The molecule has 296 valence electrons. The maximum absolute atomic E-state index is 16.3. The van der Waals surface area contributed by atoms with Gasteiger partial charge in [0.05, 0.1) is 35.7 Å². The topological polar surface area (TPSA) is 138 Å². The van der Waals surface area contributed by atoms with Gasteiger partial charge in [0.15, 0.2) is 28.0 Å². The SMILES string of the molecule is CC[Si](CC)(CC)O[C@H]1C(=O)[C@@]2(C)C([C@H](OC(=O)c3ccccc3)[C@]3(O)C[C@H](O)C(C)=C1C3(C)C)[C@]1(OC(C)=O)CO[C@@H]1C[C@@H]2O[Si](CC)(CC)CC. The summed E-state index contributed by atoms with van der Waals surface area (Å²) in [5, 5.41) is 25.5. The molecule has 1 aliphatic heterocycles. The number of aliphatic hydroxyl groups is 2. The largest absolute Gasteiger partial charge is 0.455 e. The third-order valence-corrected chi connectivity index (χ3v) is 23.8. The van der Waals surface area contributed by atoms with Crippen molar-refractivity contribution in [3.8, 4) is 0 Å². The summed E-state index contributed by atoms with van der Waals surface area (Å²) in [6, 6.07) is 13.3.